The third kappa shape index (κ3) is 15.5. The van der Waals surface area contributed by atoms with Crippen molar-refractivity contribution in [3.63, 3.8) is 0 Å². The molecule has 19 heavy (non-hydrogen) atoms. The van der Waals surface area contributed by atoms with Gasteiger partial charge in [-0.3, -0.25) is 9.18 Å². The quantitative estimate of drug-likeness (QED) is 0.334. The van der Waals surface area contributed by atoms with Gasteiger partial charge in [-0.25, -0.2) is 0 Å². The van der Waals surface area contributed by atoms with Crippen LogP contribution in [0.1, 0.15) is 96.8 Å². The monoisotopic (exact) mass is 272 g/mol. The number of unbranched alkanes of at least 4 members (excludes halogenated alkanes) is 11. The minimum absolute atomic E-state index is 0.0922. The van der Waals surface area contributed by atoms with E-state index < -0.39 is 6.67 Å². The minimum Gasteiger partial charge on any atom is -0.300 e. The van der Waals surface area contributed by atoms with E-state index in [1.165, 1.54) is 64.2 Å². The van der Waals surface area contributed by atoms with Crippen LogP contribution < -0.4 is 0 Å². The second-order valence-corrected chi connectivity index (χ2v) is 5.62. The lowest BCUT2D eigenvalue weighted by Gasteiger charge is -2.02. The molecule has 0 aromatic heterocycles. The van der Waals surface area contributed by atoms with Crippen molar-refractivity contribution in [3.8, 4) is 0 Å². The Morgan fingerprint density at radius 1 is 0.684 bits per heavy atom. The van der Waals surface area contributed by atoms with E-state index in [0.29, 0.717) is 6.42 Å². The molecule has 2 heteroatoms. The summed E-state index contributed by atoms with van der Waals surface area (Å²) in [6, 6.07) is 0. The first kappa shape index (κ1) is 18.6. The summed E-state index contributed by atoms with van der Waals surface area (Å²) >= 11 is 0. The predicted molar refractivity (Wildman–Crippen MR) is 81.3 cm³/mol. The Morgan fingerprint density at radius 2 is 1.11 bits per heavy atom. The topological polar surface area (TPSA) is 17.1 Å². The summed E-state index contributed by atoms with van der Waals surface area (Å²) in [7, 11) is 0. The average molecular weight is 272 g/mol. The molecule has 0 aromatic rings. The van der Waals surface area contributed by atoms with E-state index in [2.05, 4.69) is 6.92 Å². The van der Waals surface area contributed by atoms with Gasteiger partial charge in [0.25, 0.3) is 0 Å². The van der Waals surface area contributed by atoms with Gasteiger partial charge in [-0.05, 0) is 6.42 Å². The summed E-state index contributed by atoms with van der Waals surface area (Å²) in [5.41, 5.74) is 0. The molecule has 0 heterocycles. The van der Waals surface area contributed by atoms with Gasteiger partial charge in [0.2, 0.25) is 0 Å². The SMILES string of the molecule is CCCCCCCCCCCCCCC(=O)CCF. The fourth-order valence-corrected chi connectivity index (χ4v) is 2.39. The number of rotatable bonds is 15. The fraction of sp³-hybridized carbons (Fsp3) is 0.941. The van der Waals surface area contributed by atoms with Crippen LogP contribution in [-0.2, 0) is 4.79 Å². The Labute approximate surface area is 119 Å². The predicted octanol–water partition coefficient (Wildman–Crippen LogP) is 6.01. The van der Waals surface area contributed by atoms with Gasteiger partial charge in [0.15, 0.2) is 0 Å². The molecule has 0 spiro atoms. The number of alkyl halides is 1. The molecular formula is C17H33FO. The van der Waals surface area contributed by atoms with Crippen LogP contribution in [-0.4, -0.2) is 12.5 Å². The number of carbonyl (C=O) groups excluding carboxylic acids is 1. The van der Waals surface area contributed by atoms with Crippen molar-refractivity contribution in [2.75, 3.05) is 6.67 Å². The van der Waals surface area contributed by atoms with Crippen molar-refractivity contribution in [3.05, 3.63) is 0 Å². The minimum atomic E-state index is -0.489. The Kier molecular flexibility index (Phi) is 15.3. The van der Waals surface area contributed by atoms with Crippen LogP contribution in [0.5, 0.6) is 0 Å². The Morgan fingerprint density at radius 3 is 1.53 bits per heavy atom. The van der Waals surface area contributed by atoms with Crippen molar-refractivity contribution >= 4 is 5.78 Å². The molecule has 0 aliphatic heterocycles. The second kappa shape index (κ2) is 15.7. The maximum atomic E-state index is 11.9. The molecule has 0 aromatic carbocycles. The standard InChI is InChI=1S/C17H33FO/c1-2-3-4-5-6-7-8-9-10-11-12-13-14-17(19)15-16-18/h2-16H2,1H3. The molecule has 0 fully saturated rings. The van der Waals surface area contributed by atoms with Crippen LogP contribution >= 0.6 is 0 Å². The van der Waals surface area contributed by atoms with Gasteiger partial charge in [0.1, 0.15) is 5.78 Å². The van der Waals surface area contributed by atoms with E-state index in [0.717, 1.165) is 12.8 Å². The zero-order valence-electron chi connectivity index (χ0n) is 12.9. The molecule has 0 aliphatic rings. The first-order valence-electron chi connectivity index (χ1n) is 8.39. The highest BCUT2D eigenvalue weighted by Gasteiger charge is 2.00. The number of ketones is 1. The van der Waals surface area contributed by atoms with Gasteiger partial charge in [-0.1, -0.05) is 77.6 Å². The van der Waals surface area contributed by atoms with Crippen molar-refractivity contribution in [1.29, 1.82) is 0 Å². The third-order valence-corrected chi connectivity index (χ3v) is 3.68. The number of hydrogen-bond acceptors (Lipinski definition) is 1. The van der Waals surface area contributed by atoms with E-state index >= 15 is 0 Å². The summed E-state index contributed by atoms with van der Waals surface area (Å²) in [5, 5.41) is 0. The molecule has 0 rings (SSSR count). The molecule has 0 atom stereocenters. The molecule has 0 bridgehead atoms. The number of Topliss-reactive ketones (excluding diaryl/α,β-unsaturated/α-hetero) is 1. The Hall–Kier alpha value is -0.400. The smallest absolute Gasteiger partial charge is 0.135 e. The highest BCUT2D eigenvalue weighted by molar-refractivity contribution is 5.78. The molecule has 1 nitrogen and oxygen atoms in total. The van der Waals surface area contributed by atoms with Crippen molar-refractivity contribution < 1.29 is 9.18 Å². The van der Waals surface area contributed by atoms with Crippen LogP contribution in [0.3, 0.4) is 0 Å². The van der Waals surface area contributed by atoms with Crippen LogP contribution in [0.2, 0.25) is 0 Å². The Bertz CT molecular complexity index is 192. The maximum absolute atomic E-state index is 11.9. The van der Waals surface area contributed by atoms with E-state index in [-0.39, 0.29) is 12.2 Å². The number of carbonyl (C=O) groups is 1. The lowest BCUT2D eigenvalue weighted by molar-refractivity contribution is -0.119. The highest BCUT2D eigenvalue weighted by Crippen LogP contribution is 2.12. The van der Waals surface area contributed by atoms with E-state index in [4.69, 9.17) is 0 Å². The number of halogens is 1. The van der Waals surface area contributed by atoms with Gasteiger partial charge >= 0.3 is 0 Å². The summed E-state index contributed by atoms with van der Waals surface area (Å²) in [4.78, 5) is 11.1. The van der Waals surface area contributed by atoms with Gasteiger partial charge in [-0.2, -0.15) is 0 Å². The normalized spacial score (nSPS) is 10.8. The molecule has 0 aliphatic carbocycles. The largest absolute Gasteiger partial charge is 0.300 e. The zero-order valence-corrected chi connectivity index (χ0v) is 12.9. The Balaban J connectivity index is 3.01. The fourth-order valence-electron chi connectivity index (χ4n) is 2.39. The van der Waals surface area contributed by atoms with Crippen molar-refractivity contribution in [2.24, 2.45) is 0 Å². The van der Waals surface area contributed by atoms with E-state index in [9.17, 15) is 9.18 Å². The van der Waals surface area contributed by atoms with E-state index in [1.807, 2.05) is 0 Å². The molecule has 114 valence electrons. The third-order valence-electron chi connectivity index (χ3n) is 3.68. The van der Waals surface area contributed by atoms with Crippen molar-refractivity contribution in [2.45, 2.75) is 96.8 Å². The van der Waals surface area contributed by atoms with Crippen LogP contribution in [0, 0.1) is 0 Å². The second-order valence-electron chi connectivity index (χ2n) is 5.62. The van der Waals surface area contributed by atoms with E-state index in [1.54, 1.807) is 0 Å². The van der Waals surface area contributed by atoms with Crippen LogP contribution in [0.15, 0.2) is 0 Å². The maximum Gasteiger partial charge on any atom is 0.135 e. The first-order valence-corrected chi connectivity index (χ1v) is 8.39. The van der Waals surface area contributed by atoms with Crippen molar-refractivity contribution in [1.82, 2.24) is 0 Å². The van der Waals surface area contributed by atoms with Gasteiger partial charge in [-0.15, -0.1) is 0 Å². The summed E-state index contributed by atoms with van der Waals surface area (Å²) in [5.74, 6) is 0.0922. The first-order chi connectivity index (χ1) is 9.31. The zero-order chi connectivity index (χ0) is 14.2. The average Bonchev–Trinajstić information content (AvgIpc) is 2.40. The summed E-state index contributed by atoms with van der Waals surface area (Å²) in [6.45, 7) is 1.77. The van der Waals surface area contributed by atoms with Gasteiger partial charge < -0.3 is 0 Å². The van der Waals surface area contributed by atoms with Crippen LogP contribution in [0.25, 0.3) is 0 Å². The summed E-state index contributed by atoms with van der Waals surface area (Å²) < 4.78 is 11.9. The molecular weight excluding hydrogens is 239 g/mol. The molecule has 0 N–H and O–H groups in total. The molecule has 0 saturated carbocycles. The van der Waals surface area contributed by atoms with Crippen LogP contribution in [0.4, 0.5) is 4.39 Å². The molecule has 0 radical (unpaired) electrons. The van der Waals surface area contributed by atoms with Gasteiger partial charge in [0.05, 0.1) is 6.67 Å². The summed E-state index contributed by atoms with van der Waals surface area (Å²) in [6.07, 6.45) is 16.4. The molecule has 0 amide bonds. The lowest BCUT2D eigenvalue weighted by atomic mass is 10.0. The highest BCUT2D eigenvalue weighted by atomic mass is 19.1. The molecule has 0 saturated heterocycles. The molecule has 0 unspecified atom stereocenters. The lowest BCUT2D eigenvalue weighted by Crippen LogP contribution is -1.98. The van der Waals surface area contributed by atoms with Gasteiger partial charge in [0, 0.05) is 12.8 Å². The number of hydrogen-bond donors (Lipinski definition) is 0.